The second-order valence-electron chi connectivity index (χ2n) is 5.11. The second kappa shape index (κ2) is 6.18. The summed E-state index contributed by atoms with van der Waals surface area (Å²) in [5, 5.41) is 9.36. The average Bonchev–Trinajstić information content (AvgIpc) is 2.38. The van der Waals surface area contributed by atoms with Gasteiger partial charge in [-0.15, -0.1) is 0 Å². The van der Waals surface area contributed by atoms with Gasteiger partial charge in [0.1, 0.15) is 0 Å². The SMILES string of the molecule is C[C@H]1C[C@@H](CCc2ccccc2)[C@H](CO)CO1. The van der Waals surface area contributed by atoms with Crippen LogP contribution in [0.25, 0.3) is 0 Å². The number of ether oxygens (including phenoxy) is 1. The molecule has 0 spiro atoms. The molecule has 1 aliphatic rings. The quantitative estimate of drug-likeness (QED) is 0.868. The third-order valence-electron chi connectivity index (χ3n) is 3.78. The van der Waals surface area contributed by atoms with Crippen molar-refractivity contribution in [1.29, 1.82) is 0 Å². The Morgan fingerprint density at radius 2 is 2.00 bits per heavy atom. The first-order valence-corrected chi connectivity index (χ1v) is 6.56. The summed E-state index contributed by atoms with van der Waals surface area (Å²) in [4.78, 5) is 0. The summed E-state index contributed by atoms with van der Waals surface area (Å²) in [5.41, 5.74) is 1.39. The predicted octanol–water partition coefficient (Wildman–Crippen LogP) is 2.65. The predicted molar refractivity (Wildman–Crippen MR) is 68.9 cm³/mol. The molecule has 1 aromatic carbocycles. The second-order valence-corrected chi connectivity index (χ2v) is 5.11. The van der Waals surface area contributed by atoms with Crippen LogP contribution in [0.5, 0.6) is 0 Å². The number of aliphatic hydroxyl groups excluding tert-OH is 1. The van der Waals surface area contributed by atoms with Gasteiger partial charge in [0.25, 0.3) is 0 Å². The highest BCUT2D eigenvalue weighted by molar-refractivity contribution is 5.14. The molecule has 0 unspecified atom stereocenters. The molecule has 2 rings (SSSR count). The molecule has 1 heterocycles. The zero-order valence-corrected chi connectivity index (χ0v) is 10.5. The molecule has 1 fully saturated rings. The van der Waals surface area contributed by atoms with Crippen molar-refractivity contribution in [2.75, 3.05) is 13.2 Å². The van der Waals surface area contributed by atoms with Gasteiger partial charge in [-0.2, -0.15) is 0 Å². The largest absolute Gasteiger partial charge is 0.396 e. The fourth-order valence-corrected chi connectivity index (χ4v) is 2.66. The fourth-order valence-electron chi connectivity index (χ4n) is 2.66. The molecule has 1 saturated heterocycles. The van der Waals surface area contributed by atoms with Crippen LogP contribution in [0.3, 0.4) is 0 Å². The van der Waals surface area contributed by atoms with Crippen molar-refractivity contribution in [3.05, 3.63) is 35.9 Å². The van der Waals surface area contributed by atoms with E-state index >= 15 is 0 Å². The Hall–Kier alpha value is -0.860. The molecule has 0 saturated carbocycles. The van der Waals surface area contributed by atoms with Crippen LogP contribution in [-0.2, 0) is 11.2 Å². The highest BCUT2D eigenvalue weighted by Crippen LogP contribution is 2.29. The lowest BCUT2D eigenvalue weighted by atomic mass is 9.82. The lowest BCUT2D eigenvalue weighted by Gasteiger charge is -2.34. The molecular formula is C15H22O2. The van der Waals surface area contributed by atoms with Crippen LogP contribution < -0.4 is 0 Å². The molecule has 94 valence electrons. The molecule has 0 radical (unpaired) electrons. The van der Waals surface area contributed by atoms with Crippen molar-refractivity contribution in [3.8, 4) is 0 Å². The lowest BCUT2D eigenvalue weighted by Crippen LogP contribution is -2.34. The molecule has 1 aliphatic heterocycles. The minimum atomic E-state index is 0.256. The van der Waals surface area contributed by atoms with E-state index < -0.39 is 0 Å². The molecule has 2 nitrogen and oxygen atoms in total. The van der Waals surface area contributed by atoms with E-state index in [2.05, 4.69) is 37.3 Å². The summed E-state index contributed by atoms with van der Waals surface area (Å²) in [5.74, 6) is 0.930. The highest BCUT2D eigenvalue weighted by atomic mass is 16.5. The van der Waals surface area contributed by atoms with E-state index in [9.17, 15) is 5.11 Å². The molecule has 0 aromatic heterocycles. The molecule has 1 aromatic rings. The molecule has 0 amide bonds. The first-order valence-electron chi connectivity index (χ1n) is 6.56. The van der Waals surface area contributed by atoms with Crippen LogP contribution in [0.2, 0.25) is 0 Å². The van der Waals surface area contributed by atoms with Gasteiger partial charge in [-0.25, -0.2) is 0 Å². The maximum Gasteiger partial charge on any atom is 0.0549 e. The Morgan fingerprint density at radius 1 is 1.24 bits per heavy atom. The van der Waals surface area contributed by atoms with E-state index in [0.717, 1.165) is 25.9 Å². The molecule has 17 heavy (non-hydrogen) atoms. The maximum absolute atomic E-state index is 9.36. The summed E-state index contributed by atoms with van der Waals surface area (Å²) in [6, 6.07) is 10.6. The normalized spacial score (nSPS) is 29.2. The standard InChI is InChI=1S/C15H22O2/c1-12-9-14(15(10-16)11-17-12)8-7-13-5-3-2-4-6-13/h2-6,12,14-16H,7-11H2,1H3/t12-,14+,15+/m0/s1. The van der Waals surface area contributed by atoms with Gasteiger partial charge in [-0.3, -0.25) is 0 Å². The maximum atomic E-state index is 9.36. The third-order valence-corrected chi connectivity index (χ3v) is 3.78. The van der Waals surface area contributed by atoms with E-state index in [1.165, 1.54) is 5.56 Å². The topological polar surface area (TPSA) is 29.5 Å². The Labute approximate surface area is 104 Å². The van der Waals surface area contributed by atoms with E-state index in [1.54, 1.807) is 0 Å². The summed E-state index contributed by atoms with van der Waals surface area (Å²) < 4.78 is 5.60. The van der Waals surface area contributed by atoms with E-state index in [0.29, 0.717) is 17.9 Å². The Morgan fingerprint density at radius 3 is 2.71 bits per heavy atom. The molecule has 2 heteroatoms. The van der Waals surface area contributed by atoms with Gasteiger partial charge in [-0.05, 0) is 37.7 Å². The number of rotatable bonds is 4. The molecule has 0 aliphatic carbocycles. The van der Waals surface area contributed by atoms with Crippen LogP contribution in [0, 0.1) is 11.8 Å². The van der Waals surface area contributed by atoms with Gasteiger partial charge < -0.3 is 9.84 Å². The smallest absolute Gasteiger partial charge is 0.0549 e. The summed E-state index contributed by atoms with van der Waals surface area (Å²) in [7, 11) is 0. The van der Waals surface area contributed by atoms with E-state index in [4.69, 9.17) is 4.74 Å². The van der Waals surface area contributed by atoms with Crippen molar-refractivity contribution in [1.82, 2.24) is 0 Å². The average molecular weight is 234 g/mol. The van der Waals surface area contributed by atoms with Crippen molar-refractivity contribution in [2.45, 2.75) is 32.3 Å². The van der Waals surface area contributed by atoms with Crippen molar-refractivity contribution in [2.24, 2.45) is 11.8 Å². The minimum absolute atomic E-state index is 0.256. The number of hydrogen-bond acceptors (Lipinski definition) is 2. The van der Waals surface area contributed by atoms with Gasteiger partial charge in [-0.1, -0.05) is 30.3 Å². The Bertz CT molecular complexity index is 323. The van der Waals surface area contributed by atoms with Crippen LogP contribution in [0.1, 0.15) is 25.3 Å². The van der Waals surface area contributed by atoms with Crippen LogP contribution in [0.4, 0.5) is 0 Å². The number of aliphatic hydroxyl groups is 1. The lowest BCUT2D eigenvalue weighted by molar-refractivity contribution is -0.0545. The minimum Gasteiger partial charge on any atom is -0.396 e. The van der Waals surface area contributed by atoms with Gasteiger partial charge in [0.15, 0.2) is 0 Å². The fraction of sp³-hybridized carbons (Fsp3) is 0.600. The number of hydrogen-bond donors (Lipinski definition) is 1. The summed E-state index contributed by atoms with van der Waals surface area (Å²) >= 11 is 0. The summed E-state index contributed by atoms with van der Waals surface area (Å²) in [6.07, 6.45) is 3.69. The molecule has 3 atom stereocenters. The first kappa shape index (κ1) is 12.6. The monoisotopic (exact) mass is 234 g/mol. The summed E-state index contributed by atoms with van der Waals surface area (Å²) in [6.45, 7) is 3.10. The van der Waals surface area contributed by atoms with Crippen molar-refractivity contribution in [3.63, 3.8) is 0 Å². The molecule has 0 bridgehead atoms. The number of benzene rings is 1. The molecular weight excluding hydrogens is 212 g/mol. The van der Waals surface area contributed by atoms with Crippen molar-refractivity contribution >= 4 is 0 Å². The van der Waals surface area contributed by atoms with Gasteiger partial charge in [0.2, 0.25) is 0 Å². The Balaban J connectivity index is 1.88. The van der Waals surface area contributed by atoms with Crippen molar-refractivity contribution < 1.29 is 9.84 Å². The van der Waals surface area contributed by atoms with Gasteiger partial charge >= 0.3 is 0 Å². The number of aryl methyl sites for hydroxylation is 1. The van der Waals surface area contributed by atoms with Crippen LogP contribution in [0.15, 0.2) is 30.3 Å². The van der Waals surface area contributed by atoms with Crippen LogP contribution in [-0.4, -0.2) is 24.4 Å². The third kappa shape index (κ3) is 3.55. The van der Waals surface area contributed by atoms with Crippen LogP contribution >= 0.6 is 0 Å². The van der Waals surface area contributed by atoms with E-state index in [-0.39, 0.29) is 6.61 Å². The molecule has 1 N–H and O–H groups in total. The zero-order chi connectivity index (χ0) is 12.1. The first-order chi connectivity index (χ1) is 8.29. The van der Waals surface area contributed by atoms with E-state index in [1.807, 2.05) is 0 Å². The van der Waals surface area contributed by atoms with Gasteiger partial charge in [0, 0.05) is 12.5 Å². The highest BCUT2D eigenvalue weighted by Gasteiger charge is 2.28. The Kier molecular flexibility index (Phi) is 4.57. The van der Waals surface area contributed by atoms with Gasteiger partial charge in [0.05, 0.1) is 12.7 Å². The zero-order valence-electron chi connectivity index (χ0n) is 10.5.